The van der Waals surface area contributed by atoms with Crippen molar-refractivity contribution in [1.29, 1.82) is 0 Å². The first-order valence-electron chi connectivity index (χ1n) is 9.49. The number of furan rings is 1. The molecule has 6 nitrogen and oxygen atoms in total. The maximum atomic E-state index is 13.2. The van der Waals surface area contributed by atoms with Crippen LogP contribution in [-0.2, 0) is 12.3 Å². The number of hydrogen-bond acceptors (Lipinski definition) is 6. The van der Waals surface area contributed by atoms with E-state index in [1.165, 1.54) is 18.7 Å². The van der Waals surface area contributed by atoms with Crippen LogP contribution in [-0.4, -0.2) is 22.4 Å². The molecule has 0 aliphatic heterocycles. The second-order valence-corrected chi connectivity index (χ2v) is 8.28. The molecule has 31 heavy (non-hydrogen) atoms. The molecule has 0 amide bonds. The van der Waals surface area contributed by atoms with Gasteiger partial charge in [0.15, 0.2) is 10.9 Å². The minimum absolute atomic E-state index is 0.0258. The Morgan fingerprint density at radius 2 is 2.06 bits per heavy atom. The molecule has 0 unspecified atom stereocenters. The number of ether oxygens (including phenoxy) is 1. The second-order valence-electron chi connectivity index (χ2n) is 6.90. The zero-order valence-electron chi connectivity index (χ0n) is 16.9. The van der Waals surface area contributed by atoms with Crippen LogP contribution in [0.1, 0.15) is 28.6 Å². The van der Waals surface area contributed by atoms with E-state index in [-0.39, 0.29) is 17.9 Å². The molecule has 158 valence electrons. The van der Waals surface area contributed by atoms with Gasteiger partial charge in [0.25, 0.3) is 5.56 Å². The molecule has 4 rings (SSSR count). The van der Waals surface area contributed by atoms with Crippen LogP contribution in [0.5, 0.6) is 5.75 Å². The molecule has 0 fully saturated rings. The SMILES string of the molecule is COc1ccc(C(C)=O)cc1CSc1nc2cc(Cl)ccc2c(=O)n1Cc1ccco1. The van der Waals surface area contributed by atoms with E-state index in [4.69, 9.17) is 25.7 Å². The van der Waals surface area contributed by atoms with Crippen molar-refractivity contribution < 1.29 is 13.9 Å². The van der Waals surface area contributed by atoms with Crippen molar-refractivity contribution in [2.75, 3.05) is 7.11 Å². The van der Waals surface area contributed by atoms with Crippen molar-refractivity contribution in [3.8, 4) is 5.75 Å². The highest BCUT2D eigenvalue weighted by molar-refractivity contribution is 7.98. The molecule has 0 saturated heterocycles. The van der Waals surface area contributed by atoms with Gasteiger partial charge in [0.2, 0.25) is 0 Å². The third kappa shape index (κ3) is 4.52. The number of carbonyl (C=O) groups is 1. The smallest absolute Gasteiger partial charge is 0.262 e. The molecule has 2 aromatic carbocycles. The summed E-state index contributed by atoms with van der Waals surface area (Å²) in [6.45, 7) is 1.78. The van der Waals surface area contributed by atoms with Crippen molar-refractivity contribution >= 4 is 40.0 Å². The third-order valence-electron chi connectivity index (χ3n) is 4.82. The normalized spacial score (nSPS) is 11.1. The molecule has 0 aliphatic rings. The van der Waals surface area contributed by atoms with E-state index < -0.39 is 0 Å². The van der Waals surface area contributed by atoms with Gasteiger partial charge in [-0.05, 0) is 55.5 Å². The largest absolute Gasteiger partial charge is 0.496 e. The minimum Gasteiger partial charge on any atom is -0.496 e. The summed E-state index contributed by atoms with van der Waals surface area (Å²) in [5.74, 6) is 1.75. The fraction of sp³-hybridized carbons (Fsp3) is 0.174. The van der Waals surface area contributed by atoms with E-state index in [0.29, 0.717) is 43.9 Å². The van der Waals surface area contributed by atoms with Crippen molar-refractivity contribution in [2.24, 2.45) is 0 Å². The number of nitrogens with zero attached hydrogens (tertiary/aromatic N) is 2. The number of benzene rings is 2. The molecule has 0 saturated carbocycles. The second kappa shape index (κ2) is 8.99. The van der Waals surface area contributed by atoms with E-state index in [0.717, 1.165) is 5.56 Å². The molecule has 0 atom stereocenters. The zero-order valence-corrected chi connectivity index (χ0v) is 18.5. The summed E-state index contributed by atoms with van der Waals surface area (Å²) in [4.78, 5) is 29.7. The van der Waals surface area contributed by atoms with Gasteiger partial charge in [-0.15, -0.1) is 0 Å². The average Bonchev–Trinajstić information content (AvgIpc) is 3.27. The lowest BCUT2D eigenvalue weighted by atomic mass is 10.1. The van der Waals surface area contributed by atoms with Gasteiger partial charge in [-0.3, -0.25) is 14.2 Å². The van der Waals surface area contributed by atoms with Gasteiger partial charge in [-0.25, -0.2) is 4.98 Å². The predicted octanol–water partition coefficient (Wildman–Crippen LogP) is 5.19. The van der Waals surface area contributed by atoms with Crippen molar-refractivity contribution in [2.45, 2.75) is 24.4 Å². The lowest BCUT2D eigenvalue weighted by molar-refractivity contribution is 0.101. The Morgan fingerprint density at radius 1 is 1.23 bits per heavy atom. The summed E-state index contributed by atoms with van der Waals surface area (Å²) in [6.07, 6.45) is 1.57. The monoisotopic (exact) mass is 454 g/mol. The van der Waals surface area contributed by atoms with Crippen LogP contribution in [0.3, 0.4) is 0 Å². The van der Waals surface area contributed by atoms with Gasteiger partial charge in [0.05, 0.1) is 30.8 Å². The van der Waals surface area contributed by atoms with Crippen molar-refractivity contribution in [3.63, 3.8) is 0 Å². The fourth-order valence-electron chi connectivity index (χ4n) is 3.23. The standard InChI is InChI=1S/C23H19ClN2O4S/c1-14(27)15-5-8-21(29-2)16(10-15)13-31-23-25-20-11-17(24)6-7-19(20)22(28)26(23)12-18-4-3-9-30-18/h3-11H,12-13H2,1-2H3. The Labute approximate surface area is 187 Å². The first-order valence-corrected chi connectivity index (χ1v) is 10.9. The number of aromatic nitrogens is 2. The van der Waals surface area contributed by atoms with Crippen LogP contribution in [0.15, 0.2) is 69.2 Å². The molecule has 4 aromatic rings. The summed E-state index contributed by atoms with van der Waals surface area (Å²) in [7, 11) is 1.58. The summed E-state index contributed by atoms with van der Waals surface area (Å²) in [5, 5.41) is 1.51. The molecule has 0 N–H and O–H groups in total. The highest BCUT2D eigenvalue weighted by Gasteiger charge is 2.15. The molecular weight excluding hydrogens is 436 g/mol. The summed E-state index contributed by atoms with van der Waals surface area (Å²) >= 11 is 7.50. The molecule has 8 heteroatoms. The number of Topliss-reactive ketones (excluding diaryl/α,β-unsaturated/α-hetero) is 1. The first kappa shape index (κ1) is 21.2. The molecule has 0 spiro atoms. The topological polar surface area (TPSA) is 74.3 Å². The number of thioether (sulfide) groups is 1. The van der Waals surface area contributed by atoms with Gasteiger partial charge >= 0.3 is 0 Å². The van der Waals surface area contributed by atoms with E-state index in [2.05, 4.69) is 0 Å². The van der Waals surface area contributed by atoms with Gasteiger partial charge < -0.3 is 9.15 Å². The summed E-state index contributed by atoms with van der Waals surface area (Å²) < 4.78 is 12.5. The van der Waals surface area contributed by atoms with Gasteiger partial charge in [0.1, 0.15) is 11.5 Å². The Bertz CT molecular complexity index is 1320. The van der Waals surface area contributed by atoms with Crippen molar-refractivity contribution in [3.05, 3.63) is 87.1 Å². The number of halogens is 1. The number of ketones is 1. The van der Waals surface area contributed by atoms with E-state index in [9.17, 15) is 9.59 Å². The Kier molecular flexibility index (Phi) is 6.15. The fourth-order valence-corrected chi connectivity index (χ4v) is 4.38. The average molecular weight is 455 g/mol. The number of rotatable bonds is 7. The van der Waals surface area contributed by atoms with E-state index in [1.807, 2.05) is 6.07 Å². The number of fused-ring (bicyclic) bond motifs is 1. The Hall–Kier alpha value is -3.03. The number of hydrogen-bond donors (Lipinski definition) is 0. The predicted molar refractivity (Wildman–Crippen MR) is 121 cm³/mol. The third-order valence-corrected chi connectivity index (χ3v) is 6.08. The van der Waals surface area contributed by atoms with Crippen LogP contribution >= 0.6 is 23.4 Å². The number of methoxy groups -OCH3 is 1. The minimum atomic E-state index is -0.176. The van der Waals surface area contributed by atoms with E-state index in [1.54, 1.807) is 60.4 Å². The van der Waals surface area contributed by atoms with Gasteiger partial charge in [-0.2, -0.15) is 0 Å². The van der Waals surface area contributed by atoms with E-state index >= 15 is 0 Å². The lowest BCUT2D eigenvalue weighted by Crippen LogP contribution is -2.23. The first-order chi connectivity index (χ1) is 15.0. The molecule has 0 radical (unpaired) electrons. The number of carbonyl (C=O) groups excluding carboxylic acids is 1. The van der Waals surface area contributed by atoms with Crippen LogP contribution in [0, 0.1) is 0 Å². The quantitative estimate of drug-likeness (QED) is 0.217. The maximum absolute atomic E-state index is 13.2. The Balaban J connectivity index is 1.76. The zero-order chi connectivity index (χ0) is 22.0. The molecule has 0 bridgehead atoms. The molecular formula is C23H19ClN2O4S. The summed E-state index contributed by atoms with van der Waals surface area (Å²) in [5.41, 5.74) is 1.79. The van der Waals surface area contributed by atoms with Gasteiger partial charge in [-0.1, -0.05) is 23.4 Å². The van der Waals surface area contributed by atoms with Crippen LogP contribution in [0.25, 0.3) is 10.9 Å². The van der Waals surface area contributed by atoms with Crippen LogP contribution < -0.4 is 10.3 Å². The maximum Gasteiger partial charge on any atom is 0.262 e. The molecule has 2 aromatic heterocycles. The highest BCUT2D eigenvalue weighted by atomic mass is 35.5. The van der Waals surface area contributed by atoms with Crippen LogP contribution in [0.4, 0.5) is 0 Å². The van der Waals surface area contributed by atoms with Gasteiger partial charge in [0, 0.05) is 21.9 Å². The highest BCUT2D eigenvalue weighted by Crippen LogP contribution is 2.29. The Morgan fingerprint density at radius 3 is 2.77 bits per heavy atom. The molecule has 2 heterocycles. The van der Waals surface area contributed by atoms with Crippen LogP contribution in [0.2, 0.25) is 5.02 Å². The summed E-state index contributed by atoms with van der Waals surface area (Å²) in [6, 6.07) is 13.9. The molecule has 0 aliphatic carbocycles. The lowest BCUT2D eigenvalue weighted by Gasteiger charge is -2.14. The van der Waals surface area contributed by atoms with Crippen molar-refractivity contribution in [1.82, 2.24) is 9.55 Å².